The molecule has 1 aromatic heterocycles. The van der Waals surface area contributed by atoms with Gasteiger partial charge in [-0.3, -0.25) is 4.79 Å². The van der Waals surface area contributed by atoms with Gasteiger partial charge in [0.25, 0.3) is 0 Å². The zero-order chi connectivity index (χ0) is 11.1. The summed E-state index contributed by atoms with van der Waals surface area (Å²) in [4.78, 5) is 13.6. The standard InChI is InChI=1S/C11H16N4O/c1-14(11(16)8-4-5-8)7-10-13-12-9-3-2-6-15(9)10/h8H,2-7H2,1H3. The zero-order valence-corrected chi connectivity index (χ0v) is 9.52. The molecule has 0 N–H and O–H groups in total. The summed E-state index contributed by atoms with van der Waals surface area (Å²) in [6.07, 6.45) is 4.29. The minimum absolute atomic E-state index is 0.260. The second-order valence-electron chi connectivity index (χ2n) is 4.76. The summed E-state index contributed by atoms with van der Waals surface area (Å²) in [5.74, 6) is 2.55. The highest BCUT2D eigenvalue weighted by molar-refractivity contribution is 5.80. The van der Waals surface area contributed by atoms with Crippen molar-refractivity contribution >= 4 is 5.91 Å². The molecule has 0 unspecified atom stereocenters. The van der Waals surface area contributed by atoms with E-state index in [4.69, 9.17) is 0 Å². The van der Waals surface area contributed by atoms with Crippen LogP contribution in [0, 0.1) is 5.92 Å². The second kappa shape index (κ2) is 3.57. The number of aryl methyl sites for hydroxylation is 1. The third kappa shape index (κ3) is 1.60. The number of carbonyl (C=O) groups is 1. The van der Waals surface area contributed by atoms with Gasteiger partial charge in [0.2, 0.25) is 5.91 Å². The Bertz CT molecular complexity index is 422. The molecule has 0 aromatic carbocycles. The number of carbonyl (C=O) groups excluding carboxylic acids is 1. The van der Waals surface area contributed by atoms with Crippen LogP contribution in [0.3, 0.4) is 0 Å². The molecule has 1 aliphatic heterocycles. The maximum Gasteiger partial charge on any atom is 0.225 e. The number of fused-ring (bicyclic) bond motifs is 1. The molecule has 0 spiro atoms. The molecule has 3 rings (SSSR count). The number of hydrogen-bond donors (Lipinski definition) is 0. The molecule has 2 heterocycles. The predicted octanol–water partition coefficient (Wildman–Crippen LogP) is 0.593. The molecule has 2 aliphatic rings. The molecule has 1 fully saturated rings. The number of aromatic nitrogens is 3. The van der Waals surface area contributed by atoms with Gasteiger partial charge in [-0.2, -0.15) is 0 Å². The van der Waals surface area contributed by atoms with E-state index in [-0.39, 0.29) is 11.8 Å². The van der Waals surface area contributed by atoms with Crippen LogP contribution in [-0.4, -0.2) is 32.6 Å². The van der Waals surface area contributed by atoms with Crippen molar-refractivity contribution in [2.45, 2.75) is 38.8 Å². The smallest absolute Gasteiger partial charge is 0.225 e. The fourth-order valence-electron chi connectivity index (χ4n) is 2.26. The highest BCUT2D eigenvalue weighted by Gasteiger charge is 2.32. The number of rotatable bonds is 3. The molecule has 86 valence electrons. The summed E-state index contributed by atoms with van der Waals surface area (Å²) in [5.41, 5.74) is 0. The van der Waals surface area contributed by atoms with Gasteiger partial charge in [0.05, 0.1) is 6.54 Å². The van der Waals surface area contributed by atoms with Crippen molar-refractivity contribution in [3.8, 4) is 0 Å². The van der Waals surface area contributed by atoms with Crippen LogP contribution in [0.15, 0.2) is 0 Å². The average molecular weight is 220 g/mol. The Morgan fingerprint density at radius 1 is 1.50 bits per heavy atom. The minimum atomic E-state index is 0.260. The van der Waals surface area contributed by atoms with E-state index in [1.807, 2.05) is 7.05 Å². The van der Waals surface area contributed by atoms with Crippen molar-refractivity contribution < 1.29 is 4.79 Å². The molecule has 5 nitrogen and oxygen atoms in total. The van der Waals surface area contributed by atoms with E-state index in [0.29, 0.717) is 6.54 Å². The lowest BCUT2D eigenvalue weighted by molar-refractivity contribution is -0.131. The monoisotopic (exact) mass is 220 g/mol. The van der Waals surface area contributed by atoms with Gasteiger partial charge in [-0.1, -0.05) is 0 Å². The first-order valence-electron chi connectivity index (χ1n) is 5.91. The highest BCUT2D eigenvalue weighted by atomic mass is 16.2. The Balaban J connectivity index is 1.71. The van der Waals surface area contributed by atoms with Crippen molar-refractivity contribution in [3.05, 3.63) is 11.6 Å². The Hall–Kier alpha value is -1.39. The lowest BCUT2D eigenvalue weighted by atomic mass is 10.3. The van der Waals surface area contributed by atoms with Crippen LogP contribution in [-0.2, 0) is 24.3 Å². The van der Waals surface area contributed by atoms with Gasteiger partial charge < -0.3 is 9.47 Å². The topological polar surface area (TPSA) is 51.0 Å². The van der Waals surface area contributed by atoms with Gasteiger partial charge in [0.1, 0.15) is 5.82 Å². The number of hydrogen-bond acceptors (Lipinski definition) is 3. The Morgan fingerprint density at radius 2 is 2.31 bits per heavy atom. The van der Waals surface area contributed by atoms with Gasteiger partial charge in [-0.15, -0.1) is 10.2 Å². The van der Waals surface area contributed by atoms with Crippen LogP contribution < -0.4 is 0 Å². The molecular formula is C11H16N4O. The van der Waals surface area contributed by atoms with Crippen LogP contribution in [0.25, 0.3) is 0 Å². The van der Waals surface area contributed by atoms with Crippen LogP contribution in [0.4, 0.5) is 0 Å². The normalized spacial score (nSPS) is 18.6. The molecule has 5 heteroatoms. The van der Waals surface area contributed by atoms with Gasteiger partial charge >= 0.3 is 0 Å². The molecule has 0 saturated heterocycles. The van der Waals surface area contributed by atoms with E-state index in [0.717, 1.165) is 43.9 Å². The largest absolute Gasteiger partial charge is 0.338 e. The molecule has 16 heavy (non-hydrogen) atoms. The molecule has 0 atom stereocenters. The molecule has 0 radical (unpaired) electrons. The van der Waals surface area contributed by atoms with Gasteiger partial charge in [-0.05, 0) is 19.3 Å². The predicted molar refractivity (Wildman–Crippen MR) is 57.5 cm³/mol. The second-order valence-corrected chi connectivity index (χ2v) is 4.76. The minimum Gasteiger partial charge on any atom is -0.338 e. The summed E-state index contributed by atoms with van der Waals surface area (Å²) < 4.78 is 2.15. The molecule has 0 bridgehead atoms. The molecule has 1 saturated carbocycles. The van der Waals surface area contributed by atoms with Crippen LogP contribution in [0.5, 0.6) is 0 Å². The van der Waals surface area contributed by atoms with Crippen molar-refractivity contribution in [2.24, 2.45) is 5.92 Å². The first kappa shape index (κ1) is 9.81. The maximum absolute atomic E-state index is 11.8. The van der Waals surface area contributed by atoms with Crippen LogP contribution in [0.1, 0.15) is 30.9 Å². The van der Waals surface area contributed by atoms with Gasteiger partial charge in [0, 0.05) is 25.9 Å². The summed E-state index contributed by atoms with van der Waals surface area (Å²) in [6.45, 7) is 1.60. The fraction of sp³-hybridized carbons (Fsp3) is 0.727. The third-order valence-electron chi connectivity index (χ3n) is 3.37. The molecule has 1 aliphatic carbocycles. The summed E-state index contributed by atoms with van der Waals surface area (Å²) in [6, 6.07) is 0. The Kier molecular flexibility index (Phi) is 2.19. The lowest BCUT2D eigenvalue weighted by Crippen LogP contribution is -2.28. The number of nitrogens with zero attached hydrogens (tertiary/aromatic N) is 4. The van der Waals surface area contributed by atoms with E-state index in [1.54, 1.807) is 4.90 Å². The van der Waals surface area contributed by atoms with Crippen molar-refractivity contribution in [1.82, 2.24) is 19.7 Å². The van der Waals surface area contributed by atoms with Crippen LogP contribution in [0.2, 0.25) is 0 Å². The average Bonchev–Trinajstić information content (AvgIpc) is 2.90. The zero-order valence-electron chi connectivity index (χ0n) is 9.52. The van der Waals surface area contributed by atoms with Gasteiger partial charge in [0.15, 0.2) is 5.82 Å². The van der Waals surface area contributed by atoms with Crippen LogP contribution >= 0.6 is 0 Å². The SMILES string of the molecule is CN(Cc1nnc2n1CCC2)C(=O)C1CC1. The van der Waals surface area contributed by atoms with Crippen molar-refractivity contribution in [1.29, 1.82) is 0 Å². The molecule has 1 amide bonds. The third-order valence-corrected chi connectivity index (χ3v) is 3.37. The first-order chi connectivity index (χ1) is 7.75. The van der Waals surface area contributed by atoms with E-state index >= 15 is 0 Å². The highest BCUT2D eigenvalue weighted by Crippen LogP contribution is 2.31. The van der Waals surface area contributed by atoms with Crippen molar-refractivity contribution in [2.75, 3.05) is 7.05 Å². The van der Waals surface area contributed by atoms with E-state index < -0.39 is 0 Å². The summed E-state index contributed by atoms with van der Waals surface area (Å²) in [7, 11) is 1.86. The lowest BCUT2D eigenvalue weighted by Gasteiger charge is -2.16. The molecular weight excluding hydrogens is 204 g/mol. The Labute approximate surface area is 94.5 Å². The quantitative estimate of drug-likeness (QED) is 0.749. The van der Waals surface area contributed by atoms with Crippen molar-refractivity contribution in [3.63, 3.8) is 0 Å². The van der Waals surface area contributed by atoms with E-state index in [9.17, 15) is 4.79 Å². The number of amides is 1. The fourth-order valence-corrected chi connectivity index (χ4v) is 2.26. The first-order valence-corrected chi connectivity index (χ1v) is 5.91. The summed E-state index contributed by atoms with van der Waals surface area (Å²) in [5, 5.41) is 8.30. The van der Waals surface area contributed by atoms with E-state index in [1.165, 1.54) is 0 Å². The molecule has 1 aromatic rings. The summed E-state index contributed by atoms with van der Waals surface area (Å²) >= 11 is 0. The Morgan fingerprint density at radius 3 is 3.06 bits per heavy atom. The maximum atomic E-state index is 11.8. The van der Waals surface area contributed by atoms with E-state index in [2.05, 4.69) is 14.8 Å². The van der Waals surface area contributed by atoms with Gasteiger partial charge in [-0.25, -0.2) is 0 Å².